The van der Waals surface area contributed by atoms with Gasteiger partial charge in [0.15, 0.2) is 0 Å². The molecule has 0 heterocycles. The van der Waals surface area contributed by atoms with Gasteiger partial charge in [-0.15, -0.1) is 0 Å². The van der Waals surface area contributed by atoms with Crippen molar-refractivity contribution < 1.29 is 13.2 Å². The fourth-order valence-electron chi connectivity index (χ4n) is 1.97. The Morgan fingerprint density at radius 2 is 1.70 bits per heavy atom. The first kappa shape index (κ1) is 18.2. The molecule has 0 aromatic heterocycles. The SMILES string of the molecule is O=C(Cl)CN(Cc1ccccc1)S(=O)(=O)c1cc(Cl)ccc1Cl. The summed E-state index contributed by atoms with van der Waals surface area (Å²) in [6.45, 7) is -0.480. The first-order valence-corrected chi connectivity index (χ1v) is 9.05. The molecule has 2 aromatic carbocycles. The molecule has 0 unspecified atom stereocenters. The van der Waals surface area contributed by atoms with E-state index in [1.807, 2.05) is 6.07 Å². The number of halogens is 3. The number of nitrogens with zero attached hydrogens (tertiary/aromatic N) is 1. The van der Waals surface area contributed by atoms with Crippen LogP contribution in [0.1, 0.15) is 5.56 Å². The van der Waals surface area contributed by atoms with Crippen LogP contribution >= 0.6 is 34.8 Å². The average molecular weight is 393 g/mol. The Bertz CT molecular complexity index is 810. The largest absolute Gasteiger partial charge is 0.280 e. The van der Waals surface area contributed by atoms with Crippen LogP contribution in [0.5, 0.6) is 0 Å². The van der Waals surface area contributed by atoms with Crippen molar-refractivity contribution in [2.45, 2.75) is 11.4 Å². The zero-order valence-corrected chi connectivity index (χ0v) is 14.8. The summed E-state index contributed by atoms with van der Waals surface area (Å²) in [6, 6.07) is 13.0. The van der Waals surface area contributed by atoms with Crippen molar-refractivity contribution in [3.63, 3.8) is 0 Å². The Kier molecular flexibility index (Phi) is 6.06. The van der Waals surface area contributed by atoms with Crippen molar-refractivity contribution in [1.29, 1.82) is 0 Å². The van der Waals surface area contributed by atoms with Gasteiger partial charge >= 0.3 is 0 Å². The summed E-state index contributed by atoms with van der Waals surface area (Å²) in [7, 11) is -4.04. The van der Waals surface area contributed by atoms with E-state index in [1.54, 1.807) is 24.3 Å². The summed E-state index contributed by atoms with van der Waals surface area (Å²) in [6.07, 6.45) is 0. The Balaban J connectivity index is 2.44. The summed E-state index contributed by atoms with van der Waals surface area (Å²) in [5, 5.41) is -0.540. The quantitative estimate of drug-likeness (QED) is 0.699. The molecule has 0 bridgehead atoms. The van der Waals surface area contributed by atoms with Gasteiger partial charge in [0.1, 0.15) is 4.90 Å². The molecule has 0 atom stereocenters. The zero-order chi connectivity index (χ0) is 17.0. The first-order valence-electron chi connectivity index (χ1n) is 6.48. The predicted molar refractivity (Wildman–Crippen MR) is 91.4 cm³/mol. The second-order valence-electron chi connectivity index (χ2n) is 4.69. The lowest BCUT2D eigenvalue weighted by atomic mass is 10.2. The molecule has 0 saturated carbocycles. The minimum atomic E-state index is -4.04. The molecule has 4 nitrogen and oxygen atoms in total. The van der Waals surface area contributed by atoms with E-state index >= 15 is 0 Å². The summed E-state index contributed by atoms with van der Waals surface area (Å²) in [5.41, 5.74) is 0.715. The third kappa shape index (κ3) is 4.68. The minimum absolute atomic E-state index is 0.00945. The molecule has 0 amide bonds. The molecular weight excluding hydrogens is 381 g/mol. The first-order chi connectivity index (χ1) is 10.8. The molecule has 2 aromatic rings. The molecule has 0 aliphatic rings. The van der Waals surface area contributed by atoms with Gasteiger partial charge in [0.05, 0.1) is 11.6 Å². The molecule has 8 heteroatoms. The highest BCUT2D eigenvalue weighted by Gasteiger charge is 2.28. The highest BCUT2D eigenvalue weighted by atomic mass is 35.5. The van der Waals surface area contributed by atoms with Crippen molar-refractivity contribution in [2.75, 3.05) is 6.54 Å². The summed E-state index contributed by atoms with van der Waals surface area (Å²) < 4.78 is 26.6. The molecule has 0 fully saturated rings. The van der Waals surface area contributed by atoms with Crippen molar-refractivity contribution in [3.05, 3.63) is 64.1 Å². The van der Waals surface area contributed by atoms with Crippen LogP contribution in [0.3, 0.4) is 0 Å². The maximum Gasteiger partial charge on any atom is 0.245 e. The molecule has 0 radical (unpaired) electrons. The lowest BCUT2D eigenvalue weighted by Crippen LogP contribution is -2.34. The van der Waals surface area contributed by atoms with E-state index in [0.29, 0.717) is 5.56 Å². The molecule has 122 valence electrons. The predicted octanol–water partition coefficient (Wildman–Crippen LogP) is 3.95. The van der Waals surface area contributed by atoms with Gasteiger partial charge in [-0.25, -0.2) is 8.42 Å². The van der Waals surface area contributed by atoms with Crippen LogP contribution in [0, 0.1) is 0 Å². The maximum atomic E-state index is 12.8. The summed E-state index contributed by atoms with van der Waals surface area (Å²) in [4.78, 5) is 11.1. The van der Waals surface area contributed by atoms with Crippen LogP contribution in [0.15, 0.2) is 53.4 Å². The zero-order valence-electron chi connectivity index (χ0n) is 11.7. The van der Waals surface area contributed by atoms with Gasteiger partial charge in [0.2, 0.25) is 15.3 Å². The van der Waals surface area contributed by atoms with E-state index in [9.17, 15) is 13.2 Å². The van der Waals surface area contributed by atoms with Crippen LogP contribution in [0.4, 0.5) is 0 Å². The van der Waals surface area contributed by atoms with E-state index in [0.717, 1.165) is 4.31 Å². The van der Waals surface area contributed by atoms with Gasteiger partial charge in [-0.2, -0.15) is 4.31 Å². The highest BCUT2D eigenvalue weighted by Crippen LogP contribution is 2.28. The summed E-state index contributed by atoms with van der Waals surface area (Å²) >= 11 is 17.2. The van der Waals surface area contributed by atoms with Gasteiger partial charge < -0.3 is 0 Å². The smallest absolute Gasteiger partial charge is 0.245 e. The molecule has 0 spiro atoms. The fourth-order valence-corrected chi connectivity index (χ4v) is 4.30. The monoisotopic (exact) mass is 391 g/mol. The molecule has 0 aliphatic carbocycles. The average Bonchev–Trinajstić information content (AvgIpc) is 2.49. The van der Waals surface area contributed by atoms with Crippen molar-refractivity contribution in [1.82, 2.24) is 4.31 Å². The van der Waals surface area contributed by atoms with Crippen molar-refractivity contribution >= 4 is 50.1 Å². The van der Waals surface area contributed by atoms with Crippen LogP contribution in [-0.4, -0.2) is 24.5 Å². The molecule has 0 N–H and O–H groups in total. The van der Waals surface area contributed by atoms with E-state index in [1.165, 1.54) is 18.2 Å². The van der Waals surface area contributed by atoms with Crippen LogP contribution in [0.2, 0.25) is 10.0 Å². The number of carbonyl (C=O) groups is 1. The molecule has 0 aliphatic heterocycles. The van der Waals surface area contributed by atoms with Gasteiger partial charge in [-0.05, 0) is 35.4 Å². The normalized spacial score (nSPS) is 11.7. The van der Waals surface area contributed by atoms with E-state index in [4.69, 9.17) is 34.8 Å². The number of hydrogen-bond acceptors (Lipinski definition) is 3. The molecule has 23 heavy (non-hydrogen) atoms. The summed E-state index contributed by atoms with van der Waals surface area (Å²) in [5.74, 6) is 0. The van der Waals surface area contributed by atoms with Crippen LogP contribution in [0.25, 0.3) is 0 Å². The Labute approximate surface area is 149 Å². The lowest BCUT2D eigenvalue weighted by Gasteiger charge is -2.21. The van der Waals surface area contributed by atoms with E-state index in [2.05, 4.69) is 0 Å². The highest BCUT2D eigenvalue weighted by molar-refractivity contribution is 7.89. The Morgan fingerprint density at radius 1 is 1.04 bits per heavy atom. The Morgan fingerprint density at radius 3 is 2.30 bits per heavy atom. The van der Waals surface area contributed by atoms with Gasteiger partial charge in [-0.3, -0.25) is 4.79 Å². The number of benzene rings is 2. The third-order valence-electron chi connectivity index (χ3n) is 3.01. The number of hydrogen-bond donors (Lipinski definition) is 0. The van der Waals surface area contributed by atoms with E-state index < -0.39 is 21.8 Å². The minimum Gasteiger partial charge on any atom is -0.280 e. The lowest BCUT2D eigenvalue weighted by molar-refractivity contribution is -0.111. The van der Waals surface area contributed by atoms with E-state index in [-0.39, 0.29) is 21.5 Å². The van der Waals surface area contributed by atoms with Gasteiger partial charge in [0.25, 0.3) is 0 Å². The number of rotatable bonds is 6. The molecule has 0 saturated heterocycles. The Hall–Kier alpha value is -1.11. The number of carbonyl (C=O) groups excluding carboxylic acids is 1. The van der Waals surface area contributed by atoms with Crippen LogP contribution < -0.4 is 0 Å². The second-order valence-corrected chi connectivity index (χ2v) is 7.86. The standard InChI is InChI=1S/C15H12Cl3NO3S/c16-12-6-7-13(17)14(8-12)23(21,22)19(10-15(18)20)9-11-4-2-1-3-5-11/h1-8H,9-10H2. The third-order valence-corrected chi connectivity index (χ3v) is 5.64. The molecular formula is C15H12Cl3NO3S. The topological polar surface area (TPSA) is 54.5 Å². The van der Waals surface area contributed by atoms with Gasteiger partial charge in [-0.1, -0.05) is 53.5 Å². The van der Waals surface area contributed by atoms with Crippen molar-refractivity contribution in [3.8, 4) is 0 Å². The fraction of sp³-hybridized carbons (Fsp3) is 0.133. The van der Waals surface area contributed by atoms with Crippen molar-refractivity contribution in [2.24, 2.45) is 0 Å². The molecule has 2 rings (SSSR count). The van der Waals surface area contributed by atoms with Crippen LogP contribution in [-0.2, 0) is 21.4 Å². The maximum absolute atomic E-state index is 12.8. The second kappa shape index (κ2) is 7.64. The number of sulfonamides is 1. The van der Waals surface area contributed by atoms with Gasteiger partial charge in [0, 0.05) is 11.6 Å².